The molecule has 3 rings (SSSR count). The minimum absolute atomic E-state index is 0.135. The van der Waals surface area contributed by atoms with Gasteiger partial charge in [0.1, 0.15) is 5.54 Å². The molecule has 0 aliphatic carbocycles. The molecule has 1 aromatic rings. The fourth-order valence-corrected chi connectivity index (χ4v) is 4.08. The number of nitrogens with zero attached hydrogens (tertiary/aromatic N) is 3. The Labute approximate surface area is 149 Å². The van der Waals surface area contributed by atoms with Crippen LogP contribution in [0.4, 0.5) is 4.79 Å². The minimum Gasteiger partial charge on any atom is -0.323 e. The maximum Gasteiger partial charge on any atom is 0.322 e. The van der Waals surface area contributed by atoms with Crippen molar-refractivity contribution < 1.29 is 9.59 Å². The number of hydrogen-bond donors (Lipinski definition) is 2. The van der Waals surface area contributed by atoms with Crippen LogP contribution in [-0.2, 0) is 18.4 Å². The van der Waals surface area contributed by atoms with Crippen LogP contribution < -0.4 is 10.6 Å². The highest BCUT2D eigenvalue weighted by Crippen LogP contribution is 2.35. The molecule has 2 aliphatic heterocycles. The summed E-state index contributed by atoms with van der Waals surface area (Å²) in [4.78, 5) is 26.8. The molecular formula is C18H29N5O2. The Balaban J connectivity index is 1.63. The molecule has 0 aromatic carbocycles. The highest BCUT2D eigenvalue weighted by Gasteiger charge is 2.51. The molecule has 0 bridgehead atoms. The predicted molar refractivity (Wildman–Crippen MR) is 94.7 cm³/mol. The minimum atomic E-state index is -0.720. The number of imide groups is 1. The average molecular weight is 347 g/mol. The molecule has 138 valence electrons. The van der Waals surface area contributed by atoms with Crippen molar-refractivity contribution in [2.24, 2.45) is 18.9 Å². The lowest BCUT2D eigenvalue weighted by atomic mass is 9.74. The molecule has 0 radical (unpaired) electrons. The van der Waals surface area contributed by atoms with Crippen molar-refractivity contribution in [2.45, 2.75) is 51.6 Å². The number of carbonyl (C=O) groups is 2. The smallest absolute Gasteiger partial charge is 0.322 e. The zero-order valence-corrected chi connectivity index (χ0v) is 15.4. The van der Waals surface area contributed by atoms with Crippen LogP contribution >= 0.6 is 0 Å². The average Bonchev–Trinajstić information content (AvgIpc) is 3.09. The number of aryl methyl sites for hydroxylation is 1. The van der Waals surface area contributed by atoms with Crippen LogP contribution in [0, 0.1) is 11.8 Å². The van der Waals surface area contributed by atoms with Crippen molar-refractivity contribution in [1.29, 1.82) is 0 Å². The van der Waals surface area contributed by atoms with Gasteiger partial charge in [0.2, 0.25) is 0 Å². The number of aromatic nitrogens is 2. The number of amides is 3. The number of rotatable bonds is 6. The molecule has 1 aromatic heterocycles. The lowest BCUT2D eigenvalue weighted by molar-refractivity contribution is -0.127. The summed E-state index contributed by atoms with van der Waals surface area (Å²) in [7, 11) is 1.93. The van der Waals surface area contributed by atoms with Gasteiger partial charge in [0, 0.05) is 25.4 Å². The Kier molecular flexibility index (Phi) is 5.13. The Morgan fingerprint density at radius 2 is 2.04 bits per heavy atom. The molecule has 2 saturated heterocycles. The monoisotopic (exact) mass is 347 g/mol. The lowest BCUT2D eigenvalue weighted by Gasteiger charge is -2.41. The van der Waals surface area contributed by atoms with E-state index in [1.807, 2.05) is 24.1 Å². The third-order valence-electron chi connectivity index (χ3n) is 5.53. The first kappa shape index (κ1) is 17.9. The van der Waals surface area contributed by atoms with Crippen LogP contribution in [0.3, 0.4) is 0 Å². The Hall–Kier alpha value is -1.89. The van der Waals surface area contributed by atoms with Crippen molar-refractivity contribution in [3.8, 4) is 0 Å². The van der Waals surface area contributed by atoms with E-state index < -0.39 is 5.54 Å². The third kappa shape index (κ3) is 3.86. The van der Waals surface area contributed by atoms with E-state index in [0.29, 0.717) is 5.92 Å². The van der Waals surface area contributed by atoms with Crippen LogP contribution in [0.25, 0.3) is 0 Å². The molecule has 3 amide bonds. The highest BCUT2D eigenvalue weighted by molar-refractivity contribution is 6.07. The topological polar surface area (TPSA) is 79.3 Å². The van der Waals surface area contributed by atoms with Crippen LogP contribution in [0.1, 0.15) is 45.1 Å². The third-order valence-corrected chi connectivity index (χ3v) is 5.53. The van der Waals surface area contributed by atoms with E-state index in [0.717, 1.165) is 45.3 Å². The van der Waals surface area contributed by atoms with Gasteiger partial charge in [-0.05, 0) is 50.6 Å². The van der Waals surface area contributed by atoms with E-state index in [1.165, 1.54) is 5.56 Å². The summed E-state index contributed by atoms with van der Waals surface area (Å²) in [6.45, 7) is 7.06. The van der Waals surface area contributed by atoms with Gasteiger partial charge in [-0.2, -0.15) is 5.10 Å². The molecule has 7 heteroatoms. The Bertz CT molecular complexity index is 633. The van der Waals surface area contributed by atoms with Crippen LogP contribution in [0.5, 0.6) is 0 Å². The Morgan fingerprint density at radius 1 is 1.32 bits per heavy atom. The quantitative estimate of drug-likeness (QED) is 0.767. The lowest BCUT2D eigenvalue weighted by Crippen LogP contribution is -2.56. The second-order valence-corrected chi connectivity index (χ2v) is 7.88. The fourth-order valence-electron chi connectivity index (χ4n) is 4.08. The summed E-state index contributed by atoms with van der Waals surface area (Å²) in [6, 6.07) is -0.341. The number of urea groups is 1. The largest absolute Gasteiger partial charge is 0.323 e. The first-order valence-electron chi connectivity index (χ1n) is 9.22. The van der Waals surface area contributed by atoms with Crippen molar-refractivity contribution >= 4 is 11.9 Å². The fraction of sp³-hybridized carbons (Fsp3) is 0.722. The molecule has 1 atom stereocenters. The molecule has 2 fully saturated rings. The van der Waals surface area contributed by atoms with E-state index in [1.54, 1.807) is 0 Å². The van der Waals surface area contributed by atoms with Gasteiger partial charge in [0.25, 0.3) is 5.91 Å². The van der Waals surface area contributed by atoms with Gasteiger partial charge in [-0.15, -0.1) is 0 Å². The van der Waals surface area contributed by atoms with E-state index in [9.17, 15) is 9.59 Å². The normalized spacial score (nSPS) is 25.4. The standard InChI is InChI=1S/C18H29N5O2/c1-13(2)4-7-18(16(24)20-17(25)21-18)15-5-8-23(9-6-15)12-14-10-19-22(3)11-14/h10-11,13,15H,4-9,12H2,1-3H3,(H2,20,21,24,25)/t18-/m1/s1. The van der Waals surface area contributed by atoms with Gasteiger partial charge in [-0.25, -0.2) is 4.79 Å². The molecule has 2 aliphatic rings. The van der Waals surface area contributed by atoms with Crippen molar-refractivity contribution in [2.75, 3.05) is 13.1 Å². The first-order valence-corrected chi connectivity index (χ1v) is 9.22. The zero-order valence-electron chi connectivity index (χ0n) is 15.4. The van der Waals surface area contributed by atoms with E-state index >= 15 is 0 Å². The maximum absolute atomic E-state index is 12.6. The summed E-state index contributed by atoms with van der Waals surface area (Å²) < 4.78 is 1.82. The van der Waals surface area contributed by atoms with Gasteiger partial charge >= 0.3 is 6.03 Å². The maximum atomic E-state index is 12.6. The summed E-state index contributed by atoms with van der Waals surface area (Å²) in [5.41, 5.74) is 0.490. The van der Waals surface area contributed by atoms with E-state index in [2.05, 4.69) is 34.5 Å². The number of nitrogens with one attached hydrogen (secondary N) is 2. The number of piperidine rings is 1. The highest BCUT2D eigenvalue weighted by atomic mass is 16.2. The summed E-state index contributed by atoms with van der Waals surface area (Å²) in [5.74, 6) is 0.569. The number of carbonyl (C=O) groups excluding carboxylic acids is 2. The molecule has 7 nitrogen and oxygen atoms in total. The molecule has 0 unspecified atom stereocenters. The molecule has 2 N–H and O–H groups in total. The van der Waals surface area contributed by atoms with Gasteiger partial charge in [-0.1, -0.05) is 13.8 Å². The second-order valence-electron chi connectivity index (χ2n) is 7.88. The van der Waals surface area contributed by atoms with Gasteiger partial charge in [0.05, 0.1) is 6.20 Å². The summed E-state index contributed by atoms with van der Waals surface area (Å²) in [5, 5.41) is 9.67. The van der Waals surface area contributed by atoms with Crippen LogP contribution in [0.15, 0.2) is 12.4 Å². The van der Waals surface area contributed by atoms with E-state index in [-0.39, 0.29) is 17.9 Å². The molecule has 0 saturated carbocycles. The predicted octanol–water partition coefficient (Wildman–Crippen LogP) is 1.65. The first-order chi connectivity index (χ1) is 11.9. The second kappa shape index (κ2) is 7.15. The van der Waals surface area contributed by atoms with Crippen LogP contribution in [-0.4, -0.2) is 45.2 Å². The molecular weight excluding hydrogens is 318 g/mol. The summed E-state index contributed by atoms with van der Waals surface area (Å²) in [6.07, 6.45) is 7.44. The van der Waals surface area contributed by atoms with Gasteiger partial charge in [-0.3, -0.25) is 19.7 Å². The number of hydrogen-bond acceptors (Lipinski definition) is 4. The van der Waals surface area contributed by atoms with Crippen molar-refractivity contribution in [3.63, 3.8) is 0 Å². The van der Waals surface area contributed by atoms with Crippen LogP contribution in [0.2, 0.25) is 0 Å². The van der Waals surface area contributed by atoms with Gasteiger partial charge in [0.15, 0.2) is 0 Å². The van der Waals surface area contributed by atoms with Crippen molar-refractivity contribution in [3.05, 3.63) is 18.0 Å². The van der Waals surface area contributed by atoms with E-state index in [4.69, 9.17) is 0 Å². The van der Waals surface area contributed by atoms with Crippen molar-refractivity contribution in [1.82, 2.24) is 25.3 Å². The SMILES string of the molecule is CC(C)CC[C@]1(C2CCN(Cc3cnn(C)c3)CC2)NC(=O)NC1=O. The zero-order chi connectivity index (χ0) is 18.0. The molecule has 3 heterocycles. The van der Waals surface area contributed by atoms with Gasteiger partial charge < -0.3 is 5.32 Å². The summed E-state index contributed by atoms with van der Waals surface area (Å²) >= 11 is 0. The molecule has 25 heavy (non-hydrogen) atoms. The number of likely N-dealkylation sites (tertiary alicyclic amines) is 1. The molecule has 0 spiro atoms. The Morgan fingerprint density at radius 3 is 2.56 bits per heavy atom.